The minimum atomic E-state index is -1.15. The number of amides is 3. The summed E-state index contributed by atoms with van der Waals surface area (Å²) in [5.74, 6) is -1.65. The molecule has 4 N–H and O–H groups in total. The van der Waals surface area contributed by atoms with Crippen LogP contribution < -0.4 is 11.1 Å². The summed E-state index contributed by atoms with van der Waals surface area (Å²) in [6.07, 6.45) is 0.0136. The summed E-state index contributed by atoms with van der Waals surface area (Å²) in [5.41, 5.74) is 5.39. The summed E-state index contributed by atoms with van der Waals surface area (Å²) in [7, 11) is 0. The lowest BCUT2D eigenvalue weighted by Gasteiger charge is -2.17. The fraction of sp³-hybridized carbons (Fsp3) is 0.692. The van der Waals surface area contributed by atoms with Crippen molar-refractivity contribution in [1.29, 1.82) is 0 Å². The average Bonchev–Trinajstić information content (AvgIpc) is 2.81. The Bertz CT molecular complexity index is 501. The third kappa shape index (κ3) is 5.87. The topological polar surface area (TPSA) is 130 Å². The molecule has 0 aliphatic carbocycles. The van der Waals surface area contributed by atoms with E-state index in [-0.39, 0.29) is 48.9 Å². The Morgan fingerprint density at radius 1 is 1.38 bits per heavy atom. The highest BCUT2D eigenvalue weighted by Gasteiger charge is 2.38. The Hall–Kier alpha value is -0.910. The highest BCUT2D eigenvalue weighted by atomic mass is 32.2. The maximum Gasteiger partial charge on any atom is 0.321 e. The molecule has 1 rings (SSSR count). The number of hydrogen-bond donors (Lipinski definition) is 5. The Balaban J connectivity index is 2.44. The van der Waals surface area contributed by atoms with Crippen LogP contribution >= 0.6 is 37.0 Å². The predicted octanol–water partition coefficient (Wildman–Crippen LogP) is -1.15. The van der Waals surface area contributed by atoms with Gasteiger partial charge in [-0.15, -0.1) is 11.8 Å². The SMILES string of the molecule is N[C@@H](CSC1CC(=O)N(CCNC(=O)C(CS)CS)C1=O)C(=O)O. The third-order valence-electron chi connectivity index (χ3n) is 3.44. The van der Waals surface area contributed by atoms with E-state index in [4.69, 9.17) is 10.8 Å². The van der Waals surface area contributed by atoms with Crippen LogP contribution in [0.2, 0.25) is 0 Å². The van der Waals surface area contributed by atoms with Crippen LogP contribution in [0, 0.1) is 5.92 Å². The third-order valence-corrected chi connectivity index (χ3v) is 5.65. The molecule has 1 saturated heterocycles. The van der Waals surface area contributed by atoms with Crippen LogP contribution in [0.3, 0.4) is 0 Å². The summed E-state index contributed by atoms with van der Waals surface area (Å²) in [6.45, 7) is 0.234. The molecule has 1 aliphatic rings. The molecular weight excluding hydrogens is 374 g/mol. The molecule has 0 saturated carbocycles. The van der Waals surface area contributed by atoms with Crippen molar-refractivity contribution in [3.8, 4) is 0 Å². The van der Waals surface area contributed by atoms with Crippen LogP contribution in [0.15, 0.2) is 0 Å². The molecule has 2 atom stereocenters. The number of nitrogens with two attached hydrogens (primary N) is 1. The zero-order valence-electron chi connectivity index (χ0n) is 12.9. The molecule has 0 aromatic carbocycles. The maximum absolute atomic E-state index is 12.2. The molecule has 0 radical (unpaired) electrons. The highest BCUT2D eigenvalue weighted by Crippen LogP contribution is 2.25. The first-order valence-electron chi connectivity index (χ1n) is 7.25. The Labute approximate surface area is 155 Å². The average molecular weight is 396 g/mol. The van der Waals surface area contributed by atoms with Crippen LogP contribution in [0.1, 0.15) is 6.42 Å². The van der Waals surface area contributed by atoms with Crippen molar-refractivity contribution in [2.24, 2.45) is 11.7 Å². The second kappa shape index (κ2) is 10.2. The lowest BCUT2D eigenvalue weighted by Crippen LogP contribution is -2.41. The second-order valence-corrected chi connectivity index (χ2v) is 7.17. The van der Waals surface area contributed by atoms with Crippen LogP contribution in [-0.4, -0.2) is 75.3 Å². The summed E-state index contributed by atoms with van der Waals surface area (Å²) >= 11 is 9.17. The number of carbonyl (C=O) groups is 4. The van der Waals surface area contributed by atoms with Gasteiger partial charge in [-0.2, -0.15) is 25.3 Å². The molecule has 3 amide bonds. The zero-order chi connectivity index (χ0) is 18.3. The van der Waals surface area contributed by atoms with Gasteiger partial charge in [0.2, 0.25) is 17.7 Å². The van der Waals surface area contributed by atoms with E-state index in [9.17, 15) is 19.2 Å². The first-order valence-corrected chi connectivity index (χ1v) is 9.56. The molecule has 136 valence electrons. The van der Waals surface area contributed by atoms with Crippen molar-refractivity contribution >= 4 is 60.7 Å². The smallest absolute Gasteiger partial charge is 0.321 e. The molecule has 0 bridgehead atoms. The van der Waals surface area contributed by atoms with Crippen molar-refractivity contribution in [2.45, 2.75) is 17.7 Å². The maximum atomic E-state index is 12.2. The van der Waals surface area contributed by atoms with Crippen molar-refractivity contribution in [3.05, 3.63) is 0 Å². The molecule has 0 spiro atoms. The van der Waals surface area contributed by atoms with Gasteiger partial charge in [0, 0.05) is 36.8 Å². The van der Waals surface area contributed by atoms with Gasteiger partial charge in [0.1, 0.15) is 6.04 Å². The molecule has 1 fully saturated rings. The summed E-state index contributed by atoms with van der Waals surface area (Å²) in [6, 6.07) is -1.08. The minimum Gasteiger partial charge on any atom is -0.480 e. The number of thiol groups is 2. The molecule has 1 aliphatic heterocycles. The summed E-state index contributed by atoms with van der Waals surface area (Å²) in [5, 5.41) is 10.7. The van der Waals surface area contributed by atoms with Crippen LogP contribution in [0.4, 0.5) is 0 Å². The number of hydrogen-bond acceptors (Lipinski definition) is 8. The first-order chi connectivity index (χ1) is 11.3. The van der Waals surface area contributed by atoms with E-state index >= 15 is 0 Å². The van der Waals surface area contributed by atoms with Gasteiger partial charge < -0.3 is 16.2 Å². The highest BCUT2D eigenvalue weighted by molar-refractivity contribution is 8.00. The summed E-state index contributed by atoms with van der Waals surface area (Å²) < 4.78 is 0. The lowest BCUT2D eigenvalue weighted by atomic mass is 10.2. The number of thioether (sulfide) groups is 1. The van der Waals surface area contributed by atoms with Crippen molar-refractivity contribution < 1.29 is 24.3 Å². The van der Waals surface area contributed by atoms with Crippen LogP contribution in [0.25, 0.3) is 0 Å². The quantitative estimate of drug-likeness (QED) is 0.233. The van der Waals surface area contributed by atoms with Gasteiger partial charge in [-0.3, -0.25) is 24.1 Å². The number of nitrogens with zero attached hydrogens (tertiary/aromatic N) is 1. The first kappa shape index (κ1) is 21.1. The number of aliphatic carboxylic acids is 1. The molecule has 1 unspecified atom stereocenters. The van der Waals surface area contributed by atoms with Gasteiger partial charge in [-0.05, 0) is 0 Å². The van der Waals surface area contributed by atoms with E-state index in [0.29, 0.717) is 11.5 Å². The lowest BCUT2D eigenvalue weighted by molar-refractivity contribution is -0.139. The molecule has 1 heterocycles. The normalized spacial score (nSPS) is 19.0. The number of carboxylic acids is 1. The van der Waals surface area contributed by atoms with Crippen molar-refractivity contribution in [2.75, 3.05) is 30.3 Å². The van der Waals surface area contributed by atoms with E-state index in [2.05, 4.69) is 30.6 Å². The fourth-order valence-corrected chi connectivity index (χ4v) is 3.87. The van der Waals surface area contributed by atoms with Gasteiger partial charge >= 0.3 is 5.97 Å². The van der Waals surface area contributed by atoms with E-state index in [1.54, 1.807) is 0 Å². The van der Waals surface area contributed by atoms with Gasteiger partial charge in [0.05, 0.1) is 11.2 Å². The molecule has 0 aromatic rings. The standard InChI is InChI=1S/C13H21N3O5S3/c14-8(13(20)21)6-24-9-3-10(17)16(12(9)19)2-1-15-11(18)7(4-22)5-23/h7-9,22-23H,1-6,14H2,(H,15,18)(H,20,21)/t8-,9?/m0/s1. The monoisotopic (exact) mass is 395 g/mol. The molecule has 11 heteroatoms. The van der Waals surface area contributed by atoms with Gasteiger partial charge in [-0.1, -0.05) is 0 Å². The molecule has 8 nitrogen and oxygen atoms in total. The largest absolute Gasteiger partial charge is 0.480 e. The Morgan fingerprint density at radius 2 is 2.00 bits per heavy atom. The molecular formula is C13H21N3O5S3. The number of imide groups is 1. The van der Waals surface area contributed by atoms with Gasteiger partial charge in [-0.25, -0.2) is 0 Å². The van der Waals surface area contributed by atoms with E-state index < -0.39 is 17.3 Å². The second-order valence-electron chi connectivity index (χ2n) is 5.21. The van der Waals surface area contributed by atoms with Crippen LogP contribution in [0.5, 0.6) is 0 Å². The Kier molecular flexibility index (Phi) is 8.95. The molecule has 0 aromatic heterocycles. The fourth-order valence-electron chi connectivity index (χ4n) is 1.97. The minimum absolute atomic E-state index is 0.0136. The number of nitrogens with one attached hydrogen (secondary N) is 1. The van der Waals surface area contributed by atoms with Gasteiger partial charge in [0.15, 0.2) is 0 Å². The molecule has 24 heavy (non-hydrogen) atoms. The predicted molar refractivity (Wildman–Crippen MR) is 97.4 cm³/mol. The Morgan fingerprint density at radius 3 is 2.54 bits per heavy atom. The number of likely N-dealkylation sites (tertiary alicyclic amines) is 1. The van der Waals surface area contributed by atoms with Gasteiger partial charge in [0.25, 0.3) is 0 Å². The van der Waals surface area contributed by atoms with E-state index in [0.717, 1.165) is 16.7 Å². The van der Waals surface area contributed by atoms with Crippen molar-refractivity contribution in [3.63, 3.8) is 0 Å². The van der Waals surface area contributed by atoms with Crippen molar-refractivity contribution in [1.82, 2.24) is 10.2 Å². The zero-order valence-corrected chi connectivity index (χ0v) is 15.5. The van der Waals surface area contributed by atoms with Crippen LogP contribution in [-0.2, 0) is 19.2 Å². The number of rotatable bonds is 10. The van der Waals surface area contributed by atoms with E-state index in [1.807, 2.05) is 0 Å². The number of carbonyl (C=O) groups excluding carboxylic acids is 3. The number of carboxylic acid groups (broad SMARTS) is 1. The summed E-state index contributed by atoms with van der Waals surface area (Å²) in [4.78, 5) is 47.6. The van der Waals surface area contributed by atoms with E-state index in [1.165, 1.54) is 0 Å².